The molecular weight excluding hydrogens is 216 g/mol. The van der Waals surface area contributed by atoms with E-state index < -0.39 is 0 Å². The molecule has 1 saturated heterocycles. The lowest BCUT2D eigenvalue weighted by Gasteiger charge is -2.29. The third-order valence-corrected chi connectivity index (χ3v) is 3.85. The van der Waals surface area contributed by atoms with Crippen molar-refractivity contribution in [3.63, 3.8) is 0 Å². The van der Waals surface area contributed by atoms with Crippen molar-refractivity contribution in [2.24, 2.45) is 11.3 Å². The highest BCUT2D eigenvalue weighted by Crippen LogP contribution is 2.25. The van der Waals surface area contributed by atoms with Gasteiger partial charge in [0.25, 0.3) is 0 Å². The predicted octanol–water partition coefficient (Wildman–Crippen LogP) is 1.12. The first kappa shape index (κ1) is 14.5. The molecular formula is C13H26N2O2. The highest BCUT2D eigenvalue weighted by molar-refractivity contribution is 5.82. The normalized spacial score (nSPS) is 18.4. The van der Waals surface area contributed by atoms with Crippen LogP contribution in [0.5, 0.6) is 0 Å². The van der Waals surface area contributed by atoms with Gasteiger partial charge in [0.2, 0.25) is 5.91 Å². The molecule has 4 nitrogen and oxygen atoms in total. The number of hydrogen-bond donors (Lipinski definition) is 1. The molecule has 1 rings (SSSR count). The molecule has 1 aliphatic rings. The molecule has 0 saturated carbocycles. The zero-order valence-electron chi connectivity index (χ0n) is 11.6. The summed E-state index contributed by atoms with van der Waals surface area (Å²) in [5.41, 5.74) is -0.287. The summed E-state index contributed by atoms with van der Waals surface area (Å²) in [5.74, 6) is 0.506. The maximum absolute atomic E-state index is 12.0. The fourth-order valence-corrected chi connectivity index (χ4v) is 1.64. The average Bonchev–Trinajstić information content (AvgIpc) is 2.30. The van der Waals surface area contributed by atoms with Crippen LogP contribution in [-0.2, 0) is 9.53 Å². The average molecular weight is 242 g/mol. The second-order valence-electron chi connectivity index (χ2n) is 5.59. The first-order valence-corrected chi connectivity index (χ1v) is 6.53. The van der Waals surface area contributed by atoms with Gasteiger partial charge in [-0.15, -0.1) is 0 Å². The molecule has 0 bridgehead atoms. The van der Waals surface area contributed by atoms with Gasteiger partial charge < -0.3 is 10.1 Å². The predicted molar refractivity (Wildman–Crippen MR) is 68.9 cm³/mol. The Kier molecular flexibility index (Phi) is 5.40. The van der Waals surface area contributed by atoms with E-state index in [1.807, 2.05) is 13.8 Å². The number of carbonyl (C=O) groups is 1. The lowest BCUT2D eigenvalue weighted by Crippen LogP contribution is -2.45. The van der Waals surface area contributed by atoms with E-state index in [-0.39, 0.29) is 11.3 Å². The summed E-state index contributed by atoms with van der Waals surface area (Å²) in [7, 11) is 0. The molecule has 0 radical (unpaired) electrons. The van der Waals surface area contributed by atoms with Crippen LogP contribution in [0.4, 0.5) is 0 Å². The molecule has 1 fully saturated rings. The molecule has 0 unspecified atom stereocenters. The number of hydrogen-bond acceptors (Lipinski definition) is 3. The summed E-state index contributed by atoms with van der Waals surface area (Å²) < 4.78 is 5.28. The number of amides is 1. The Morgan fingerprint density at radius 3 is 2.47 bits per heavy atom. The number of ether oxygens (including phenoxy) is 1. The first-order valence-electron chi connectivity index (χ1n) is 6.53. The van der Waals surface area contributed by atoms with E-state index in [1.54, 1.807) is 0 Å². The number of rotatable bonds is 5. The Bertz CT molecular complexity index is 246. The highest BCUT2D eigenvalue weighted by atomic mass is 16.5. The van der Waals surface area contributed by atoms with Gasteiger partial charge in [-0.1, -0.05) is 27.7 Å². The fourth-order valence-electron chi connectivity index (χ4n) is 1.64. The smallest absolute Gasteiger partial charge is 0.225 e. The SMILES string of the molecule is CC(C)C(C)(C)C(=O)NCCN1CCOCC1. The maximum Gasteiger partial charge on any atom is 0.225 e. The summed E-state index contributed by atoms with van der Waals surface area (Å²) >= 11 is 0. The van der Waals surface area contributed by atoms with Crippen molar-refractivity contribution in [1.82, 2.24) is 10.2 Å². The van der Waals surface area contributed by atoms with Crippen molar-refractivity contribution in [3.05, 3.63) is 0 Å². The minimum absolute atomic E-state index is 0.153. The lowest BCUT2D eigenvalue weighted by atomic mass is 9.80. The molecule has 0 aliphatic carbocycles. The zero-order chi connectivity index (χ0) is 12.9. The Labute approximate surface area is 105 Å². The largest absolute Gasteiger partial charge is 0.379 e. The van der Waals surface area contributed by atoms with Crippen LogP contribution in [0, 0.1) is 11.3 Å². The number of morpholine rings is 1. The molecule has 0 aromatic heterocycles. The van der Waals surface area contributed by atoms with Crippen LogP contribution in [0.25, 0.3) is 0 Å². The van der Waals surface area contributed by atoms with Crippen molar-refractivity contribution in [1.29, 1.82) is 0 Å². The Morgan fingerprint density at radius 1 is 1.35 bits per heavy atom. The van der Waals surface area contributed by atoms with Crippen LogP contribution in [0.15, 0.2) is 0 Å². The van der Waals surface area contributed by atoms with Crippen molar-refractivity contribution >= 4 is 5.91 Å². The van der Waals surface area contributed by atoms with E-state index in [9.17, 15) is 4.79 Å². The number of carbonyl (C=O) groups excluding carboxylic acids is 1. The molecule has 0 aromatic carbocycles. The van der Waals surface area contributed by atoms with Crippen molar-refractivity contribution in [3.8, 4) is 0 Å². The van der Waals surface area contributed by atoms with E-state index in [2.05, 4.69) is 24.1 Å². The second-order valence-corrected chi connectivity index (χ2v) is 5.59. The Morgan fingerprint density at radius 2 is 1.94 bits per heavy atom. The van der Waals surface area contributed by atoms with E-state index >= 15 is 0 Å². The van der Waals surface area contributed by atoms with Crippen LogP contribution in [0.1, 0.15) is 27.7 Å². The number of nitrogens with zero attached hydrogens (tertiary/aromatic N) is 1. The second kappa shape index (κ2) is 6.36. The van der Waals surface area contributed by atoms with E-state index in [4.69, 9.17) is 4.74 Å². The van der Waals surface area contributed by atoms with Gasteiger partial charge in [0.15, 0.2) is 0 Å². The molecule has 1 heterocycles. The molecule has 0 aromatic rings. The van der Waals surface area contributed by atoms with Gasteiger partial charge >= 0.3 is 0 Å². The van der Waals surface area contributed by atoms with Crippen LogP contribution in [0.3, 0.4) is 0 Å². The van der Waals surface area contributed by atoms with Gasteiger partial charge in [-0.25, -0.2) is 0 Å². The zero-order valence-corrected chi connectivity index (χ0v) is 11.6. The Balaban J connectivity index is 2.23. The standard InChI is InChI=1S/C13H26N2O2/c1-11(2)13(3,4)12(16)14-5-6-15-7-9-17-10-8-15/h11H,5-10H2,1-4H3,(H,14,16). The van der Waals surface area contributed by atoms with Gasteiger partial charge in [-0.05, 0) is 5.92 Å². The summed E-state index contributed by atoms with van der Waals surface area (Å²) in [5, 5.41) is 3.03. The highest BCUT2D eigenvalue weighted by Gasteiger charge is 2.30. The maximum atomic E-state index is 12.0. The third-order valence-electron chi connectivity index (χ3n) is 3.85. The van der Waals surface area contributed by atoms with Crippen LogP contribution < -0.4 is 5.32 Å². The van der Waals surface area contributed by atoms with E-state index in [0.717, 1.165) is 39.4 Å². The van der Waals surface area contributed by atoms with Gasteiger partial charge in [0.05, 0.1) is 13.2 Å². The minimum atomic E-state index is -0.287. The molecule has 1 N–H and O–H groups in total. The van der Waals surface area contributed by atoms with E-state index in [1.165, 1.54) is 0 Å². The molecule has 1 aliphatic heterocycles. The molecule has 17 heavy (non-hydrogen) atoms. The van der Waals surface area contributed by atoms with Crippen LogP contribution in [0.2, 0.25) is 0 Å². The van der Waals surface area contributed by atoms with Crippen LogP contribution >= 0.6 is 0 Å². The van der Waals surface area contributed by atoms with Gasteiger partial charge in [-0.2, -0.15) is 0 Å². The lowest BCUT2D eigenvalue weighted by molar-refractivity contribution is -0.131. The minimum Gasteiger partial charge on any atom is -0.379 e. The van der Waals surface area contributed by atoms with Crippen molar-refractivity contribution in [2.45, 2.75) is 27.7 Å². The van der Waals surface area contributed by atoms with E-state index in [0.29, 0.717) is 5.92 Å². The number of nitrogens with one attached hydrogen (secondary N) is 1. The first-order chi connectivity index (χ1) is 7.94. The van der Waals surface area contributed by atoms with Gasteiger partial charge in [0, 0.05) is 31.6 Å². The van der Waals surface area contributed by atoms with Gasteiger partial charge in [0.1, 0.15) is 0 Å². The molecule has 0 spiro atoms. The summed E-state index contributed by atoms with van der Waals surface area (Å²) in [6.45, 7) is 13.4. The quantitative estimate of drug-likeness (QED) is 0.785. The van der Waals surface area contributed by atoms with Crippen molar-refractivity contribution in [2.75, 3.05) is 39.4 Å². The summed E-state index contributed by atoms with van der Waals surface area (Å²) in [6, 6.07) is 0. The van der Waals surface area contributed by atoms with Gasteiger partial charge in [-0.3, -0.25) is 9.69 Å². The summed E-state index contributed by atoms with van der Waals surface area (Å²) in [6.07, 6.45) is 0. The summed E-state index contributed by atoms with van der Waals surface area (Å²) in [4.78, 5) is 14.3. The molecule has 0 atom stereocenters. The monoisotopic (exact) mass is 242 g/mol. The molecule has 4 heteroatoms. The fraction of sp³-hybridized carbons (Fsp3) is 0.923. The van der Waals surface area contributed by atoms with Crippen molar-refractivity contribution < 1.29 is 9.53 Å². The van der Waals surface area contributed by atoms with Crippen LogP contribution in [-0.4, -0.2) is 50.2 Å². The topological polar surface area (TPSA) is 41.6 Å². The third kappa shape index (κ3) is 4.28. The molecule has 100 valence electrons. The Hall–Kier alpha value is -0.610. The molecule has 1 amide bonds.